The van der Waals surface area contributed by atoms with Gasteiger partial charge in [-0.15, -0.1) is 0 Å². The summed E-state index contributed by atoms with van der Waals surface area (Å²) in [6.07, 6.45) is 2.38. The molecule has 0 fully saturated rings. The van der Waals surface area contributed by atoms with Crippen LogP contribution in [0, 0.1) is 32.8 Å². The number of nitrogens with zero attached hydrogens (tertiary/aromatic N) is 5. The zero-order chi connectivity index (χ0) is 21.1. The number of benzene rings is 1. The molecule has 0 unspecified atom stereocenters. The summed E-state index contributed by atoms with van der Waals surface area (Å²) in [5, 5.41) is 33.7. The normalized spacial score (nSPS) is 10.2. The van der Waals surface area contributed by atoms with E-state index in [2.05, 4.69) is 10.1 Å². The summed E-state index contributed by atoms with van der Waals surface area (Å²) >= 11 is 0. The maximum Gasteiger partial charge on any atom is 0.307 e. The van der Waals surface area contributed by atoms with E-state index in [1.165, 1.54) is 18.0 Å². The molecule has 2 aromatic heterocycles. The summed E-state index contributed by atoms with van der Waals surface area (Å²) in [5.74, 6) is 0.313. The minimum atomic E-state index is -0.709. The summed E-state index contributed by atoms with van der Waals surface area (Å²) < 4.78 is 6.68. The molecular formula is C18H13N7O4. The summed E-state index contributed by atoms with van der Waals surface area (Å²) in [6, 6.07) is 8.51. The third-order valence-electron chi connectivity index (χ3n) is 4.20. The Kier molecular flexibility index (Phi) is 4.97. The van der Waals surface area contributed by atoms with Crippen LogP contribution in [-0.2, 0) is 6.54 Å². The average molecular weight is 391 g/mol. The van der Waals surface area contributed by atoms with Crippen molar-refractivity contribution < 1.29 is 9.66 Å². The summed E-state index contributed by atoms with van der Waals surface area (Å²) in [6.45, 7) is 0.118. The first-order valence-electron chi connectivity index (χ1n) is 8.09. The van der Waals surface area contributed by atoms with Crippen molar-refractivity contribution in [2.75, 3.05) is 12.8 Å². The highest BCUT2D eigenvalue weighted by atomic mass is 16.6. The van der Waals surface area contributed by atoms with Gasteiger partial charge in [-0.05, 0) is 17.7 Å². The number of nitrogens with one attached hydrogen (secondary N) is 1. The molecule has 0 bridgehead atoms. The lowest BCUT2D eigenvalue weighted by atomic mass is 9.95. The van der Waals surface area contributed by atoms with Gasteiger partial charge in [0.1, 0.15) is 47.2 Å². The lowest BCUT2D eigenvalue weighted by molar-refractivity contribution is -0.385. The number of hydrogen-bond acceptors (Lipinski definition) is 8. The van der Waals surface area contributed by atoms with Gasteiger partial charge in [-0.3, -0.25) is 19.6 Å². The third kappa shape index (κ3) is 3.48. The molecule has 0 saturated heterocycles. The summed E-state index contributed by atoms with van der Waals surface area (Å²) in [5.41, 5.74) is 5.66. The van der Waals surface area contributed by atoms with Gasteiger partial charge in [0.15, 0.2) is 0 Å². The number of aromatic amines is 1. The van der Waals surface area contributed by atoms with Crippen LogP contribution in [-0.4, -0.2) is 26.8 Å². The van der Waals surface area contributed by atoms with E-state index < -0.39 is 10.5 Å². The Morgan fingerprint density at radius 2 is 2.07 bits per heavy atom. The number of nitriles is 2. The SMILES string of the molecule is COc1ccc(-c2c(C#N)c(N)[nH]c(=O)c2C#N)cc1Cn1cc([N+](=O)[O-])cn1. The number of rotatable bonds is 5. The monoisotopic (exact) mass is 391 g/mol. The summed E-state index contributed by atoms with van der Waals surface area (Å²) in [4.78, 5) is 24.7. The molecule has 0 atom stereocenters. The van der Waals surface area contributed by atoms with Crippen molar-refractivity contribution >= 4 is 11.5 Å². The van der Waals surface area contributed by atoms with Crippen molar-refractivity contribution in [3.05, 3.63) is 67.8 Å². The first-order valence-corrected chi connectivity index (χ1v) is 8.09. The molecule has 0 spiro atoms. The number of nitro groups is 1. The second-order valence-corrected chi connectivity index (χ2v) is 5.90. The molecule has 11 nitrogen and oxygen atoms in total. The highest BCUT2D eigenvalue weighted by Gasteiger charge is 2.20. The number of H-pyrrole nitrogens is 1. The van der Waals surface area contributed by atoms with Gasteiger partial charge in [-0.25, -0.2) is 0 Å². The Balaban J connectivity index is 2.18. The van der Waals surface area contributed by atoms with Crippen molar-refractivity contribution in [3.63, 3.8) is 0 Å². The van der Waals surface area contributed by atoms with Crippen molar-refractivity contribution in [3.8, 4) is 29.0 Å². The van der Waals surface area contributed by atoms with E-state index in [1.807, 2.05) is 6.07 Å². The van der Waals surface area contributed by atoms with Gasteiger partial charge < -0.3 is 15.5 Å². The van der Waals surface area contributed by atoms with Gasteiger partial charge in [-0.1, -0.05) is 6.07 Å². The second-order valence-electron chi connectivity index (χ2n) is 5.90. The molecule has 3 rings (SSSR count). The maximum atomic E-state index is 12.1. The van der Waals surface area contributed by atoms with Gasteiger partial charge in [0.25, 0.3) is 5.56 Å². The first-order chi connectivity index (χ1) is 13.9. The minimum absolute atomic E-state index is 0.0352. The Morgan fingerprint density at radius 1 is 1.34 bits per heavy atom. The van der Waals surface area contributed by atoms with Crippen LogP contribution in [0.15, 0.2) is 35.4 Å². The molecule has 0 aliphatic heterocycles. The summed E-state index contributed by atoms with van der Waals surface area (Å²) in [7, 11) is 1.46. The molecule has 2 heterocycles. The molecule has 0 saturated carbocycles. The number of aromatic nitrogens is 3. The highest BCUT2D eigenvalue weighted by molar-refractivity contribution is 5.80. The fourth-order valence-corrected chi connectivity index (χ4v) is 2.90. The van der Waals surface area contributed by atoms with Gasteiger partial charge >= 0.3 is 5.69 Å². The van der Waals surface area contributed by atoms with Crippen LogP contribution in [0.25, 0.3) is 11.1 Å². The molecule has 11 heteroatoms. The second kappa shape index (κ2) is 7.54. The Labute approximate surface area is 163 Å². The zero-order valence-electron chi connectivity index (χ0n) is 15.0. The topological polar surface area (TPSA) is 177 Å². The van der Waals surface area contributed by atoms with Crippen molar-refractivity contribution in [2.45, 2.75) is 6.54 Å². The van der Waals surface area contributed by atoms with Gasteiger partial charge in [0, 0.05) is 11.1 Å². The van der Waals surface area contributed by atoms with E-state index in [1.54, 1.807) is 24.3 Å². The van der Waals surface area contributed by atoms with Crippen molar-refractivity contribution in [2.24, 2.45) is 0 Å². The van der Waals surface area contributed by atoms with Crippen molar-refractivity contribution in [1.29, 1.82) is 10.5 Å². The minimum Gasteiger partial charge on any atom is -0.496 e. The van der Waals surface area contributed by atoms with Crippen LogP contribution in [0.3, 0.4) is 0 Å². The largest absolute Gasteiger partial charge is 0.496 e. The number of pyridine rings is 1. The fourth-order valence-electron chi connectivity index (χ4n) is 2.90. The van der Waals surface area contributed by atoms with E-state index in [-0.39, 0.29) is 34.7 Å². The quantitative estimate of drug-likeness (QED) is 0.485. The molecule has 144 valence electrons. The van der Waals surface area contributed by atoms with Crippen molar-refractivity contribution in [1.82, 2.24) is 14.8 Å². The average Bonchev–Trinajstić information content (AvgIpc) is 3.16. The van der Waals surface area contributed by atoms with Gasteiger partial charge in [-0.2, -0.15) is 15.6 Å². The predicted molar refractivity (Wildman–Crippen MR) is 101 cm³/mol. The third-order valence-corrected chi connectivity index (χ3v) is 4.20. The lowest BCUT2D eigenvalue weighted by Gasteiger charge is -2.13. The number of hydrogen-bond donors (Lipinski definition) is 2. The Bertz CT molecular complexity index is 1260. The number of nitrogens with two attached hydrogens (primary N) is 1. The van der Waals surface area contributed by atoms with Crippen LogP contribution >= 0.6 is 0 Å². The number of nitrogen functional groups attached to an aromatic ring is 1. The molecule has 29 heavy (non-hydrogen) atoms. The van der Waals surface area contributed by atoms with Crippen LogP contribution in [0.2, 0.25) is 0 Å². The Hall–Kier alpha value is -4.64. The van der Waals surface area contributed by atoms with Crippen LogP contribution in [0.4, 0.5) is 11.5 Å². The molecule has 3 aromatic rings. The van der Waals surface area contributed by atoms with Crippen LogP contribution in [0.5, 0.6) is 5.75 Å². The van der Waals surface area contributed by atoms with Crippen LogP contribution in [0.1, 0.15) is 16.7 Å². The lowest BCUT2D eigenvalue weighted by Crippen LogP contribution is -2.16. The molecule has 0 radical (unpaired) electrons. The number of anilines is 1. The van der Waals surface area contributed by atoms with E-state index in [9.17, 15) is 25.4 Å². The molecule has 3 N–H and O–H groups in total. The van der Waals surface area contributed by atoms with Gasteiger partial charge in [0.2, 0.25) is 0 Å². The zero-order valence-corrected chi connectivity index (χ0v) is 15.0. The predicted octanol–water partition coefficient (Wildman–Crippen LogP) is 1.53. The first kappa shape index (κ1) is 19.1. The molecule has 0 aliphatic rings. The number of ether oxygens (including phenoxy) is 1. The molecule has 0 amide bonds. The number of methoxy groups -OCH3 is 1. The van der Waals surface area contributed by atoms with Crippen LogP contribution < -0.4 is 16.0 Å². The van der Waals surface area contributed by atoms with Gasteiger partial charge in [0.05, 0.1) is 18.6 Å². The van der Waals surface area contributed by atoms with E-state index >= 15 is 0 Å². The Morgan fingerprint density at radius 3 is 2.66 bits per heavy atom. The fraction of sp³-hybridized carbons (Fsp3) is 0.111. The van der Waals surface area contributed by atoms with E-state index in [0.29, 0.717) is 16.9 Å². The molecule has 0 aliphatic carbocycles. The molecule has 1 aromatic carbocycles. The standard InChI is InChI=1S/C18H13N7O4/c1-29-15-3-2-10(4-11(15)8-24-9-12(7-22-24)25(27)28)16-13(5-19)17(21)23-18(26)14(16)6-20/h2-4,7,9H,8H2,1H3,(H3,21,23,26). The highest BCUT2D eigenvalue weighted by Crippen LogP contribution is 2.32. The maximum absolute atomic E-state index is 12.1. The molecular weight excluding hydrogens is 378 g/mol. The van der Waals surface area contributed by atoms with E-state index in [0.717, 1.165) is 6.20 Å². The smallest absolute Gasteiger partial charge is 0.307 e. The van der Waals surface area contributed by atoms with E-state index in [4.69, 9.17) is 10.5 Å².